The molecule has 1 amide bonds. The number of nitrogens with one attached hydrogen (secondary N) is 1. The second-order valence-electron chi connectivity index (χ2n) is 4.04. The standard InChI is InChI=1S/C14H12ClFN2O2/c1-20-13-6-8(2-5-11(13)17)14(19)18-12-7-9(16)3-4-10(12)15/h2-7H,17H2,1H3,(H,18,19). The van der Waals surface area contributed by atoms with Gasteiger partial charge in [0.05, 0.1) is 23.5 Å². The van der Waals surface area contributed by atoms with Gasteiger partial charge in [0.2, 0.25) is 0 Å². The van der Waals surface area contributed by atoms with Crippen LogP contribution < -0.4 is 15.8 Å². The summed E-state index contributed by atoms with van der Waals surface area (Å²) in [4.78, 5) is 12.1. The Morgan fingerprint density at radius 2 is 2.05 bits per heavy atom. The van der Waals surface area contributed by atoms with Gasteiger partial charge in [0.25, 0.3) is 5.91 Å². The number of rotatable bonds is 3. The molecule has 104 valence electrons. The molecule has 2 aromatic carbocycles. The second kappa shape index (κ2) is 5.79. The Kier molecular flexibility index (Phi) is 4.10. The van der Waals surface area contributed by atoms with Crippen molar-refractivity contribution in [2.45, 2.75) is 0 Å². The first-order chi connectivity index (χ1) is 9.51. The van der Waals surface area contributed by atoms with Crippen molar-refractivity contribution in [2.75, 3.05) is 18.2 Å². The Bertz CT molecular complexity index is 662. The van der Waals surface area contributed by atoms with Crippen LogP contribution in [0.3, 0.4) is 0 Å². The van der Waals surface area contributed by atoms with E-state index in [4.69, 9.17) is 22.1 Å². The van der Waals surface area contributed by atoms with E-state index in [2.05, 4.69) is 5.32 Å². The predicted molar refractivity (Wildman–Crippen MR) is 76.8 cm³/mol. The Balaban J connectivity index is 2.26. The number of hydrogen-bond acceptors (Lipinski definition) is 3. The van der Waals surface area contributed by atoms with E-state index >= 15 is 0 Å². The van der Waals surface area contributed by atoms with Gasteiger partial charge in [-0.2, -0.15) is 0 Å². The quantitative estimate of drug-likeness (QED) is 0.854. The highest BCUT2D eigenvalue weighted by molar-refractivity contribution is 6.33. The molecular weight excluding hydrogens is 283 g/mol. The average Bonchev–Trinajstić information content (AvgIpc) is 2.43. The van der Waals surface area contributed by atoms with Crippen molar-refractivity contribution >= 4 is 28.9 Å². The van der Waals surface area contributed by atoms with Crippen LogP contribution in [0.1, 0.15) is 10.4 Å². The first kappa shape index (κ1) is 14.1. The molecular formula is C14H12ClFN2O2. The van der Waals surface area contributed by atoms with Gasteiger partial charge in [-0.3, -0.25) is 4.79 Å². The zero-order valence-electron chi connectivity index (χ0n) is 10.6. The smallest absolute Gasteiger partial charge is 0.255 e. The summed E-state index contributed by atoms with van der Waals surface area (Å²) in [5.74, 6) is -0.529. The van der Waals surface area contributed by atoms with Crippen molar-refractivity contribution in [3.05, 3.63) is 52.8 Å². The van der Waals surface area contributed by atoms with Crippen molar-refractivity contribution in [3.63, 3.8) is 0 Å². The molecule has 0 fully saturated rings. The normalized spacial score (nSPS) is 10.2. The minimum atomic E-state index is -0.486. The summed E-state index contributed by atoms with van der Waals surface area (Å²) >= 11 is 5.89. The Labute approximate surface area is 120 Å². The monoisotopic (exact) mass is 294 g/mol. The van der Waals surface area contributed by atoms with Crippen LogP contribution >= 0.6 is 11.6 Å². The number of carbonyl (C=O) groups excluding carboxylic acids is 1. The number of ether oxygens (including phenoxy) is 1. The SMILES string of the molecule is COc1cc(C(=O)Nc2cc(F)ccc2Cl)ccc1N. The van der Waals surface area contributed by atoms with E-state index in [1.165, 1.54) is 25.3 Å². The molecule has 0 saturated carbocycles. The molecule has 0 atom stereocenters. The van der Waals surface area contributed by atoms with E-state index in [1.54, 1.807) is 12.1 Å². The lowest BCUT2D eigenvalue weighted by Crippen LogP contribution is -2.12. The van der Waals surface area contributed by atoms with Crippen LogP contribution in [0.4, 0.5) is 15.8 Å². The zero-order chi connectivity index (χ0) is 14.7. The van der Waals surface area contributed by atoms with Crippen molar-refractivity contribution in [1.29, 1.82) is 0 Å². The first-order valence-corrected chi connectivity index (χ1v) is 6.09. The third-order valence-corrected chi connectivity index (χ3v) is 3.00. The number of benzene rings is 2. The fourth-order valence-corrected chi connectivity index (χ4v) is 1.80. The van der Waals surface area contributed by atoms with Crippen LogP contribution in [0, 0.1) is 5.82 Å². The molecule has 3 N–H and O–H groups in total. The molecule has 20 heavy (non-hydrogen) atoms. The van der Waals surface area contributed by atoms with Crippen molar-refractivity contribution in [2.24, 2.45) is 0 Å². The lowest BCUT2D eigenvalue weighted by Gasteiger charge is -2.09. The molecule has 0 aliphatic rings. The molecule has 6 heteroatoms. The van der Waals surface area contributed by atoms with E-state index in [0.29, 0.717) is 17.0 Å². The maximum Gasteiger partial charge on any atom is 0.255 e. The largest absolute Gasteiger partial charge is 0.495 e. The minimum absolute atomic E-state index is 0.201. The fraction of sp³-hybridized carbons (Fsp3) is 0.0714. The van der Waals surface area contributed by atoms with Crippen LogP contribution in [0.15, 0.2) is 36.4 Å². The topological polar surface area (TPSA) is 64.3 Å². The van der Waals surface area contributed by atoms with Crippen molar-refractivity contribution in [1.82, 2.24) is 0 Å². The predicted octanol–water partition coefficient (Wildman–Crippen LogP) is 3.32. The van der Waals surface area contributed by atoms with E-state index in [0.717, 1.165) is 6.07 Å². The highest BCUT2D eigenvalue weighted by Gasteiger charge is 2.11. The van der Waals surface area contributed by atoms with Crippen LogP contribution in [0.2, 0.25) is 5.02 Å². The van der Waals surface area contributed by atoms with E-state index in [1.807, 2.05) is 0 Å². The number of methoxy groups -OCH3 is 1. The molecule has 0 aromatic heterocycles. The third kappa shape index (κ3) is 3.00. The Morgan fingerprint density at radius 1 is 1.30 bits per heavy atom. The molecule has 0 aliphatic heterocycles. The number of nitrogen functional groups attached to an aromatic ring is 1. The van der Waals surface area contributed by atoms with Gasteiger partial charge >= 0.3 is 0 Å². The molecule has 0 saturated heterocycles. The molecule has 4 nitrogen and oxygen atoms in total. The van der Waals surface area contributed by atoms with Crippen LogP contribution in [0.5, 0.6) is 5.75 Å². The maximum atomic E-state index is 13.1. The van der Waals surface area contributed by atoms with Gasteiger partial charge in [0.15, 0.2) is 0 Å². The lowest BCUT2D eigenvalue weighted by atomic mass is 10.1. The summed E-state index contributed by atoms with van der Waals surface area (Å²) in [6.45, 7) is 0. The number of amides is 1. The van der Waals surface area contributed by atoms with Gasteiger partial charge in [-0.05, 0) is 36.4 Å². The van der Waals surface area contributed by atoms with Gasteiger partial charge in [-0.1, -0.05) is 11.6 Å². The van der Waals surface area contributed by atoms with E-state index in [9.17, 15) is 9.18 Å². The number of anilines is 2. The number of carbonyl (C=O) groups is 1. The molecule has 0 spiro atoms. The van der Waals surface area contributed by atoms with Crippen LogP contribution in [-0.4, -0.2) is 13.0 Å². The maximum absolute atomic E-state index is 13.1. The molecule has 2 rings (SSSR count). The molecule has 0 aliphatic carbocycles. The zero-order valence-corrected chi connectivity index (χ0v) is 11.4. The molecule has 0 unspecified atom stereocenters. The van der Waals surface area contributed by atoms with Gasteiger partial charge in [0.1, 0.15) is 11.6 Å². The Hall–Kier alpha value is -2.27. The molecule has 0 heterocycles. The van der Waals surface area contributed by atoms with Gasteiger partial charge in [-0.25, -0.2) is 4.39 Å². The van der Waals surface area contributed by atoms with Crippen molar-refractivity contribution in [3.8, 4) is 5.75 Å². The fourth-order valence-electron chi connectivity index (χ4n) is 1.64. The number of nitrogens with two attached hydrogens (primary N) is 1. The summed E-state index contributed by atoms with van der Waals surface area (Å²) in [7, 11) is 1.46. The van der Waals surface area contributed by atoms with Gasteiger partial charge < -0.3 is 15.8 Å². The summed E-state index contributed by atoms with van der Waals surface area (Å²) in [6.07, 6.45) is 0. The Morgan fingerprint density at radius 3 is 2.75 bits per heavy atom. The molecule has 0 bridgehead atoms. The molecule has 0 radical (unpaired) electrons. The average molecular weight is 295 g/mol. The summed E-state index contributed by atoms with van der Waals surface area (Å²) in [5, 5.41) is 2.78. The minimum Gasteiger partial charge on any atom is -0.495 e. The summed E-state index contributed by atoms with van der Waals surface area (Å²) in [6, 6.07) is 8.33. The second-order valence-corrected chi connectivity index (χ2v) is 4.44. The van der Waals surface area contributed by atoms with Crippen LogP contribution in [0.25, 0.3) is 0 Å². The van der Waals surface area contributed by atoms with E-state index < -0.39 is 11.7 Å². The van der Waals surface area contributed by atoms with Gasteiger partial charge in [-0.15, -0.1) is 0 Å². The van der Waals surface area contributed by atoms with Gasteiger partial charge in [0, 0.05) is 5.56 Å². The molecule has 2 aromatic rings. The summed E-state index contributed by atoms with van der Waals surface area (Å²) < 4.78 is 18.2. The lowest BCUT2D eigenvalue weighted by molar-refractivity contribution is 0.102. The van der Waals surface area contributed by atoms with Crippen molar-refractivity contribution < 1.29 is 13.9 Å². The first-order valence-electron chi connectivity index (χ1n) is 5.71. The summed E-state index contributed by atoms with van der Waals surface area (Å²) in [5.41, 5.74) is 6.62. The third-order valence-electron chi connectivity index (χ3n) is 2.67. The van der Waals surface area contributed by atoms with E-state index in [-0.39, 0.29) is 10.7 Å². The van der Waals surface area contributed by atoms with Crippen LogP contribution in [-0.2, 0) is 0 Å². The number of halogens is 2. The number of hydrogen-bond donors (Lipinski definition) is 2. The highest BCUT2D eigenvalue weighted by Crippen LogP contribution is 2.25. The highest BCUT2D eigenvalue weighted by atomic mass is 35.5.